The molecule has 2 atom stereocenters. The van der Waals surface area contributed by atoms with Gasteiger partial charge in [0.15, 0.2) is 11.6 Å². The molecule has 0 radical (unpaired) electrons. The van der Waals surface area contributed by atoms with Crippen LogP contribution in [0.25, 0.3) is 0 Å². The Morgan fingerprint density at radius 2 is 1.64 bits per heavy atom. The molecule has 22 heavy (non-hydrogen) atoms. The van der Waals surface area contributed by atoms with Crippen LogP contribution in [0.2, 0.25) is 0 Å². The fourth-order valence-corrected chi connectivity index (χ4v) is 4.62. The summed E-state index contributed by atoms with van der Waals surface area (Å²) in [7, 11) is 1.43. The zero-order valence-electron chi connectivity index (χ0n) is 13.4. The minimum absolute atomic E-state index is 0.120. The largest absolute Gasteiger partial charge is 0.493 e. The highest BCUT2D eigenvalue weighted by atomic mass is 19.2. The van der Waals surface area contributed by atoms with E-state index in [4.69, 9.17) is 4.74 Å². The van der Waals surface area contributed by atoms with E-state index in [0.717, 1.165) is 30.2 Å². The number of halogens is 2. The second-order valence-corrected chi connectivity index (χ2v) is 7.01. The summed E-state index contributed by atoms with van der Waals surface area (Å²) in [4.78, 5) is 0. The fourth-order valence-electron chi connectivity index (χ4n) is 4.62. The van der Waals surface area contributed by atoms with Gasteiger partial charge >= 0.3 is 0 Å². The number of benzene rings is 1. The maximum absolute atomic E-state index is 14.0. The van der Waals surface area contributed by atoms with Gasteiger partial charge in [-0.25, -0.2) is 4.39 Å². The van der Waals surface area contributed by atoms with Gasteiger partial charge in [0.1, 0.15) is 0 Å². The normalized spacial score (nSPS) is 26.9. The highest BCUT2D eigenvalue weighted by Gasteiger charge is 2.32. The maximum atomic E-state index is 14.0. The Labute approximate surface area is 132 Å². The Morgan fingerprint density at radius 1 is 0.909 bits per heavy atom. The quantitative estimate of drug-likeness (QED) is 0.683. The van der Waals surface area contributed by atoms with Crippen LogP contribution in [-0.4, -0.2) is 7.11 Å². The Hall–Kier alpha value is -1.12. The molecule has 2 unspecified atom stereocenters. The van der Waals surface area contributed by atoms with E-state index in [1.54, 1.807) is 6.07 Å². The highest BCUT2D eigenvalue weighted by molar-refractivity contribution is 5.38. The maximum Gasteiger partial charge on any atom is 0.200 e. The van der Waals surface area contributed by atoms with Crippen molar-refractivity contribution in [1.29, 1.82) is 0 Å². The van der Waals surface area contributed by atoms with Crippen LogP contribution >= 0.6 is 0 Å². The van der Waals surface area contributed by atoms with Crippen molar-refractivity contribution in [3.63, 3.8) is 0 Å². The first kappa shape index (κ1) is 15.8. The first-order valence-electron chi connectivity index (χ1n) is 8.72. The molecule has 2 saturated carbocycles. The second-order valence-electron chi connectivity index (χ2n) is 7.01. The molecule has 3 heteroatoms. The van der Waals surface area contributed by atoms with Gasteiger partial charge in [-0.2, -0.15) is 4.39 Å². The molecule has 122 valence electrons. The van der Waals surface area contributed by atoms with Crippen LogP contribution in [0.4, 0.5) is 8.78 Å². The lowest BCUT2D eigenvalue weighted by Crippen LogP contribution is -2.24. The third-order valence-electron chi connectivity index (χ3n) is 5.76. The summed E-state index contributed by atoms with van der Waals surface area (Å²) in [6, 6.07) is 2.97. The number of ether oxygens (including phenoxy) is 1. The molecular formula is C19H26F2O. The topological polar surface area (TPSA) is 9.23 Å². The average molecular weight is 308 g/mol. The molecule has 0 heterocycles. The van der Waals surface area contributed by atoms with Crippen molar-refractivity contribution in [2.24, 2.45) is 11.8 Å². The van der Waals surface area contributed by atoms with Gasteiger partial charge < -0.3 is 4.74 Å². The predicted molar refractivity (Wildman–Crippen MR) is 84.2 cm³/mol. The Balaban J connectivity index is 1.78. The summed E-state index contributed by atoms with van der Waals surface area (Å²) in [6.45, 7) is 0. The van der Waals surface area contributed by atoms with Gasteiger partial charge in [-0.15, -0.1) is 0 Å². The number of methoxy groups -OCH3 is 1. The van der Waals surface area contributed by atoms with Gasteiger partial charge in [0.05, 0.1) is 7.11 Å². The molecule has 2 fully saturated rings. The third-order valence-corrected chi connectivity index (χ3v) is 5.76. The first-order valence-corrected chi connectivity index (χ1v) is 8.72. The first-order chi connectivity index (χ1) is 10.7. The van der Waals surface area contributed by atoms with Crippen molar-refractivity contribution in [2.45, 2.75) is 63.7 Å². The molecule has 2 aliphatic rings. The molecule has 1 nitrogen and oxygen atoms in total. The van der Waals surface area contributed by atoms with Crippen molar-refractivity contribution >= 4 is 0 Å². The summed E-state index contributed by atoms with van der Waals surface area (Å²) >= 11 is 0. The van der Waals surface area contributed by atoms with Gasteiger partial charge in [-0.05, 0) is 36.7 Å². The van der Waals surface area contributed by atoms with Crippen LogP contribution in [0.1, 0.15) is 69.3 Å². The lowest BCUT2D eigenvalue weighted by atomic mass is 9.69. The van der Waals surface area contributed by atoms with Gasteiger partial charge in [-0.1, -0.05) is 51.0 Å². The molecule has 0 spiro atoms. The van der Waals surface area contributed by atoms with Crippen LogP contribution < -0.4 is 4.74 Å². The van der Waals surface area contributed by atoms with Gasteiger partial charge in [0.2, 0.25) is 5.82 Å². The van der Waals surface area contributed by atoms with Crippen LogP contribution in [0, 0.1) is 23.5 Å². The Bertz CT molecular complexity index is 508. The van der Waals surface area contributed by atoms with E-state index in [2.05, 4.69) is 0 Å². The minimum Gasteiger partial charge on any atom is -0.493 e. The molecule has 2 aliphatic carbocycles. The second kappa shape index (κ2) is 6.97. The highest BCUT2D eigenvalue weighted by Crippen LogP contribution is 2.46. The Morgan fingerprint density at radius 3 is 2.36 bits per heavy atom. The summed E-state index contributed by atoms with van der Waals surface area (Å²) in [5.74, 6) is 0.366. The van der Waals surface area contributed by atoms with Crippen molar-refractivity contribution in [3.05, 3.63) is 29.3 Å². The van der Waals surface area contributed by atoms with Crippen LogP contribution in [0.3, 0.4) is 0 Å². The monoisotopic (exact) mass is 308 g/mol. The standard InChI is InChI=1S/C19H26F2O/c1-22-19-16(10-11-17(20)18(19)21)15-9-5-8-14(12-15)13-6-3-2-4-7-13/h10-11,13-15H,2-9,12H2,1H3. The third kappa shape index (κ3) is 3.13. The van der Waals surface area contributed by atoms with E-state index in [-0.39, 0.29) is 5.75 Å². The van der Waals surface area contributed by atoms with Gasteiger partial charge in [-0.3, -0.25) is 0 Å². The minimum atomic E-state index is -0.834. The van der Waals surface area contributed by atoms with E-state index < -0.39 is 11.6 Å². The number of rotatable bonds is 3. The molecule has 3 rings (SSSR count). The van der Waals surface area contributed by atoms with E-state index in [1.165, 1.54) is 58.1 Å². The zero-order valence-corrected chi connectivity index (χ0v) is 13.4. The SMILES string of the molecule is COc1c(C2CCCC(C3CCCCC3)C2)ccc(F)c1F. The van der Waals surface area contributed by atoms with E-state index in [0.29, 0.717) is 5.92 Å². The number of hydrogen-bond donors (Lipinski definition) is 0. The van der Waals surface area contributed by atoms with Crippen molar-refractivity contribution in [3.8, 4) is 5.75 Å². The molecule has 1 aromatic carbocycles. The summed E-state index contributed by atoms with van der Waals surface area (Å²) in [5.41, 5.74) is 0.863. The van der Waals surface area contributed by atoms with E-state index >= 15 is 0 Å². The lowest BCUT2D eigenvalue weighted by molar-refractivity contribution is 0.181. The Kier molecular flexibility index (Phi) is 5.00. The molecule has 0 N–H and O–H groups in total. The van der Waals surface area contributed by atoms with Crippen molar-refractivity contribution in [1.82, 2.24) is 0 Å². The van der Waals surface area contributed by atoms with Crippen LogP contribution in [0.5, 0.6) is 5.75 Å². The van der Waals surface area contributed by atoms with E-state index in [1.807, 2.05) is 0 Å². The number of hydrogen-bond acceptors (Lipinski definition) is 1. The molecule has 1 aromatic rings. The molecule has 0 aromatic heterocycles. The van der Waals surface area contributed by atoms with E-state index in [9.17, 15) is 8.78 Å². The van der Waals surface area contributed by atoms with Crippen LogP contribution in [0.15, 0.2) is 12.1 Å². The molecule has 0 saturated heterocycles. The average Bonchev–Trinajstić information content (AvgIpc) is 2.58. The molecule has 0 aliphatic heterocycles. The summed E-state index contributed by atoms with van der Waals surface area (Å²) in [5, 5.41) is 0. The zero-order chi connectivity index (χ0) is 15.5. The molecule has 0 amide bonds. The molecular weight excluding hydrogens is 282 g/mol. The van der Waals surface area contributed by atoms with Crippen LogP contribution in [-0.2, 0) is 0 Å². The van der Waals surface area contributed by atoms with Gasteiger partial charge in [0.25, 0.3) is 0 Å². The van der Waals surface area contributed by atoms with Gasteiger partial charge in [0, 0.05) is 5.56 Å². The lowest BCUT2D eigenvalue weighted by Gasteiger charge is -2.37. The summed E-state index contributed by atoms with van der Waals surface area (Å²) < 4.78 is 32.6. The summed E-state index contributed by atoms with van der Waals surface area (Å²) in [6.07, 6.45) is 11.5. The predicted octanol–water partition coefficient (Wildman–Crippen LogP) is 5.83. The van der Waals surface area contributed by atoms with Crippen molar-refractivity contribution in [2.75, 3.05) is 7.11 Å². The smallest absolute Gasteiger partial charge is 0.200 e. The molecule has 0 bridgehead atoms. The fraction of sp³-hybridized carbons (Fsp3) is 0.684. The van der Waals surface area contributed by atoms with Crippen molar-refractivity contribution < 1.29 is 13.5 Å².